The van der Waals surface area contributed by atoms with Crippen LogP contribution in [-0.4, -0.2) is 27.5 Å². The van der Waals surface area contributed by atoms with Crippen LogP contribution in [0.25, 0.3) is 5.69 Å². The molecule has 1 amide bonds. The average Bonchev–Trinajstić information content (AvgIpc) is 2.96. The summed E-state index contributed by atoms with van der Waals surface area (Å²) in [5.41, 5.74) is 1.56. The highest BCUT2D eigenvalue weighted by Crippen LogP contribution is 2.21. The van der Waals surface area contributed by atoms with Gasteiger partial charge in [0.2, 0.25) is 0 Å². The standard InChI is InChI=1S/C17H13ClF2N4O2/c1-10-15(22-23-24(10)13-6-2-4-11(18)8-13)16(25)21-12-5-3-7-14(9-12)26-17(19)20/h2-9,17H,1H3,(H,21,25). The van der Waals surface area contributed by atoms with E-state index in [9.17, 15) is 13.6 Å². The first kappa shape index (κ1) is 17.8. The lowest BCUT2D eigenvalue weighted by atomic mass is 10.2. The molecule has 0 aliphatic rings. The number of aromatic nitrogens is 3. The average molecular weight is 379 g/mol. The molecule has 0 radical (unpaired) electrons. The summed E-state index contributed by atoms with van der Waals surface area (Å²) in [6.07, 6.45) is 0. The molecule has 0 aliphatic heterocycles. The van der Waals surface area contributed by atoms with Crippen molar-refractivity contribution in [2.24, 2.45) is 0 Å². The number of amides is 1. The van der Waals surface area contributed by atoms with E-state index in [-0.39, 0.29) is 11.4 Å². The SMILES string of the molecule is Cc1c(C(=O)Nc2cccc(OC(F)F)c2)nnn1-c1cccc(Cl)c1. The van der Waals surface area contributed by atoms with Gasteiger partial charge < -0.3 is 10.1 Å². The van der Waals surface area contributed by atoms with Crippen molar-refractivity contribution >= 4 is 23.2 Å². The number of rotatable bonds is 5. The minimum Gasteiger partial charge on any atom is -0.435 e. The highest BCUT2D eigenvalue weighted by Gasteiger charge is 2.18. The van der Waals surface area contributed by atoms with Gasteiger partial charge in [-0.2, -0.15) is 8.78 Å². The number of carbonyl (C=O) groups excluding carboxylic acids is 1. The molecule has 0 unspecified atom stereocenters. The first-order chi connectivity index (χ1) is 12.4. The van der Waals surface area contributed by atoms with Gasteiger partial charge in [-0.15, -0.1) is 5.10 Å². The predicted octanol–water partition coefficient (Wildman–Crippen LogP) is 4.08. The zero-order valence-corrected chi connectivity index (χ0v) is 14.2. The van der Waals surface area contributed by atoms with Crippen molar-refractivity contribution < 1.29 is 18.3 Å². The fourth-order valence-electron chi connectivity index (χ4n) is 2.33. The number of alkyl halides is 2. The smallest absolute Gasteiger partial charge is 0.387 e. The Morgan fingerprint density at radius 3 is 2.73 bits per heavy atom. The fourth-order valence-corrected chi connectivity index (χ4v) is 2.52. The van der Waals surface area contributed by atoms with Gasteiger partial charge in [0.15, 0.2) is 5.69 Å². The molecule has 1 aromatic heterocycles. The van der Waals surface area contributed by atoms with Crippen LogP contribution in [0.2, 0.25) is 5.02 Å². The topological polar surface area (TPSA) is 69.0 Å². The van der Waals surface area contributed by atoms with E-state index in [0.717, 1.165) is 0 Å². The van der Waals surface area contributed by atoms with Crippen molar-refractivity contribution in [2.75, 3.05) is 5.32 Å². The van der Waals surface area contributed by atoms with Crippen LogP contribution in [-0.2, 0) is 0 Å². The van der Waals surface area contributed by atoms with Crippen molar-refractivity contribution in [1.82, 2.24) is 15.0 Å². The molecule has 3 rings (SSSR count). The monoisotopic (exact) mass is 378 g/mol. The molecule has 3 aromatic rings. The second kappa shape index (κ2) is 7.49. The van der Waals surface area contributed by atoms with Gasteiger partial charge in [-0.25, -0.2) is 4.68 Å². The molecule has 9 heteroatoms. The van der Waals surface area contributed by atoms with E-state index < -0.39 is 12.5 Å². The number of anilines is 1. The van der Waals surface area contributed by atoms with E-state index in [0.29, 0.717) is 22.1 Å². The summed E-state index contributed by atoms with van der Waals surface area (Å²) in [5, 5.41) is 11.0. The Morgan fingerprint density at radius 2 is 2.00 bits per heavy atom. The summed E-state index contributed by atoms with van der Waals surface area (Å²) in [5.74, 6) is -0.581. The molecule has 1 N–H and O–H groups in total. The highest BCUT2D eigenvalue weighted by molar-refractivity contribution is 6.30. The number of hydrogen-bond donors (Lipinski definition) is 1. The lowest BCUT2D eigenvalue weighted by Crippen LogP contribution is -2.14. The summed E-state index contributed by atoms with van der Waals surface area (Å²) in [7, 11) is 0. The number of hydrogen-bond acceptors (Lipinski definition) is 4. The molecule has 0 saturated heterocycles. The van der Waals surface area contributed by atoms with Crippen molar-refractivity contribution in [3.8, 4) is 11.4 Å². The molecule has 0 spiro atoms. The van der Waals surface area contributed by atoms with Crippen LogP contribution in [0.4, 0.5) is 14.5 Å². The summed E-state index contributed by atoms with van der Waals surface area (Å²) < 4.78 is 30.4. The maximum absolute atomic E-state index is 12.4. The number of halogens is 3. The van der Waals surface area contributed by atoms with Crippen LogP contribution in [0.15, 0.2) is 48.5 Å². The third-order valence-corrected chi connectivity index (χ3v) is 3.71. The van der Waals surface area contributed by atoms with Gasteiger partial charge in [-0.05, 0) is 37.3 Å². The normalized spacial score (nSPS) is 10.8. The quantitative estimate of drug-likeness (QED) is 0.726. The van der Waals surface area contributed by atoms with Crippen LogP contribution < -0.4 is 10.1 Å². The first-order valence-corrected chi connectivity index (χ1v) is 7.86. The number of ether oxygens (including phenoxy) is 1. The van der Waals surface area contributed by atoms with E-state index >= 15 is 0 Å². The summed E-state index contributed by atoms with van der Waals surface area (Å²) in [6.45, 7) is -1.26. The molecule has 2 aromatic carbocycles. The minimum absolute atomic E-state index is 0.0582. The number of carbonyl (C=O) groups is 1. The Bertz CT molecular complexity index is 946. The summed E-state index contributed by atoms with van der Waals surface area (Å²) in [6, 6.07) is 12.6. The van der Waals surface area contributed by atoms with E-state index in [1.165, 1.54) is 22.9 Å². The first-order valence-electron chi connectivity index (χ1n) is 7.48. The van der Waals surface area contributed by atoms with E-state index in [2.05, 4.69) is 20.4 Å². The lowest BCUT2D eigenvalue weighted by molar-refractivity contribution is -0.0497. The van der Waals surface area contributed by atoms with E-state index in [1.54, 1.807) is 37.3 Å². The number of benzene rings is 2. The van der Waals surface area contributed by atoms with Crippen molar-refractivity contribution in [1.29, 1.82) is 0 Å². The van der Waals surface area contributed by atoms with Gasteiger partial charge in [0, 0.05) is 16.8 Å². The molecule has 6 nitrogen and oxygen atoms in total. The molecule has 0 saturated carbocycles. The van der Waals surface area contributed by atoms with Crippen LogP contribution >= 0.6 is 11.6 Å². The van der Waals surface area contributed by atoms with Gasteiger partial charge in [0.25, 0.3) is 5.91 Å². The molecule has 0 aliphatic carbocycles. The zero-order chi connectivity index (χ0) is 18.7. The highest BCUT2D eigenvalue weighted by atomic mass is 35.5. The largest absolute Gasteiger partial charge is 0.435 e. The third-order valence-electron chi connectivity index (χ3n) is 3.48. The van der Waals surface area contributed by atoms with Crippen molar-refractivity contribution in [2.45, 2.75) is 13.5 Å². The van der Waals surface area contributed by atoms with Crippen LogP contribution in [0.3, 0.4) is 0 Å². The number of nitrogens with one attached hydrogen (secondary N) is 1. The van der Waals surface area contributed by atoms with Gasteiger partial charge >= 0.3 is 6.61 Å². The van der Waals surface area contributed by atoms with Crippen LogP contribution in [0.5, 0.6) is 5.75 Å². The minimum atomic E-state index is -2.94. The van der Waals surface area contributed by atoms with Gasteiger partial charge in [-0.1, -0.05) is 28.9 Å². The van der Waals surface area contributed by atoms with Crippen molar-refractivity contribution in [3.05, 3.63) is 64.9 Å². The molecule has 26 heavy (non-hydrogen) atoms. The Kier molecular flexibility index (Phi) is 5.13. The summed E-state index contributed by atoms with van der Waals surface area (Å²) >= 11 is 5.97. The molecular weight excluding hydrogens is 366 g/mol. The molecule has 0 atom stereocenters. The van der Waals surface area contributed by atoms with Gasteiger partial charge in [0.05, 0.1) is 11.4 Å². The Morgan fingerprint density at radius 1 is 1.23 bits per heavy atom. The van der Waals surface area contributed by atoms with Crippen molar-refractivity contribution in [3.63, 3.8) is 0 Å². The van der Waals surface area contributed by atoms with Gasteiger partial charge in [-0.3, -0.25) is 4.79 Å². The number of nitrogens with zero attached hydrogens (tertiary/aromatic N) is 3. The predicted molar refractivity (Wildman–Crippen MR) is 92.1 cm³/mol. The van der Waals surface area contributed by atoms with Crippen LogP contribution in [0.1, 0.15) is 16.2 Å². The Balaban J connectivity index is 1.81. The second-order valence-corrected chi connectivity index (χ2v) is 5.71. The Hall–Kier alpha value is -3.00. The van der Waals surface area contributed by atoms with E-state index in [1.807, 2.05) is 0 Å². The van der Waals surface area contributed by atoms with E-state index in [4.69, 9.17) is 11.6 Å². The molecule has 134 valence electrons. The maximum Gasteiger partial charge on any atom is 0.387 e. The maximum atomic E-state index is 12.4. The molecular formula is C17H13ClF2N4O2. The lowest BCUT2D eigenvalue weighted by Gasteiger charge is -2.08. The van der Waals surface area contributed by atoms with Crippen LogP contribution in [0, 0.1) is 6.92 Å². The summed E-state index contributed by atoms with van der Waals surface area (Å²) in [4.78, 5) is 12.4. The molecule has 0 bridgehead atoms. The molecule has 1 heterocycles. The third kappa shape index (κ3) is 3.97. The fraction of sp³-hybridized carbons (Fsp3) is 0.118. The Labute approximate surface area is 152 Å². The zero-order valence-electron chi connectivity index (χ0n) is 13.5. The van der Waals surface area contributed by atoms with Gasteiger partial charge in [0.1, 0.15) is 5.75 Å². The second-order valence-electron chi connectivity index (χ2n) is 5.28. The molecule has 0 fully saturated rings.